The van der Waals surface area contributed by atoms with Gasteiger partial charge in [0, 0.05) is 12.1 Å². The van der Waals surface area contributed by atoms with Crippen molar-refractivity contribution in [3.05, 3.63) is 71.4 Å². The van der Waals surface area contributed by atoms with Crippen LogP contribution in [0.1, 0.15) is 35.3 Å². The number of rotatable bonds is 5. The minimum atomic E-state index is -0.450. The van der Waals surface area contributed by atoms with E-state index >= 15 is 0 Å². The normalized spacial score (nSPS) is 11.6. The van der Waals surface area contributed by atoms with Crippen LogP contribution < -0.4 is 20.7 Å². The fourth-order valence-corrected chi connectivity index (χ4v) is 2.79. The predicted molar refractivity (Wildman–Crippen MR) is 119 cm³/mol. The Morgan fingerprint density at radius 3 is 2.66 bits per heavy atom. The summed E-state index contributed by atoms with van der Waals surface area (Å²) in [6.07, 6.45) is 0. The summed E-state index contributed by atoms with van der Waals surface area (Å²) in [6, 6.07) is 12.7. The van der Waals surface area contributed by atoms with Gasteiger partial charge in [0.1, 0.15) is 17.3 Å². The second-order valence-corrected chi connectivity index (χ2v) is 6.59. The van der Waals surface area contributed by atoms with Gasteiger partial charge < -0.3 is 20.7 Å². The van der Waals surface area contributed by atoms with Gasteiger partial charge in [0.25, 0.3) is 11.8 Å². The van der Waals surface area contributed by atoms with Crippen molar-refractivity contribution in [3.8, 4) is 5.75 Å². The van der Waals surface area contributed by atoms with Crippen molar-refractivity contribution in [3.63, 3.8) is 0 Å². The van der Waals surface area contributed by atoms with Gasteiger partial charge in [-0.3, -0.25) is 9.59 Å². The summed E-state index contributed by atoms with van der Waals surface area (Å²) in [5, 5.41) is 8.35. The average molecular weight is 412 g/mol. The number of benzene rings is 2. The molecule has 1 aliphatic rings. The molecule has 0 bridgehead atoms. The van der Waals surface area contributed by atoms with Crippen molar-refractivity contribution >= 4 is 34.7 Å². The molecule has 2 aromatic carbocycles. The molecule has 0 saturated heterocycles. The van der Waals surface area contributed by atoms with Crippen molar-refractivity contribution in [1.29, 1.82) is 0 Å². The topological polar surface area (TPSA) is 79.5 Å². The van der Waals surface area contributed by atoms with E-state index < -0.39 is 5.91 Å². The summed E-state index contributed by atoms with van der Waals surface area (Å²) in [5.41, 5.74) is 2.95. The molecule has 1 aliphatic heterocycles. The molecule has 0 aliphatic carbocycles. The fraction of sp³-hybridized carbons (Fsp3) is 0.227. The molecule has 3 rings (SSSR count). The van der Waals surface area contributed by atoms with E-state index in [-0.39, 0.29) is 18.1 Å². The lowest BCUT2D eigenvalue weighted by molar-refractivity contribution is -0.117. The average Bonchev–Trinajstić information content (AvgIpc) is 2.73. The van der Waals surface area contributed by atoms with Crippen LogP contribution in [0.5, 0.6) is 5.75 Å². The highest BCUT2D eigenvalue weighted by Crippen LogP contribution is 2.28. The van der Waals surface area contributed by atoms with Gasteiger partial charge >= 0.3 is 0 Å². The molecule has 152 valence electrons. The second-order valence-electron chi connectivity index (χ2n) is 6.10. The lowest BCUT2D eigenvalue weighted by Gasteiger charge is -2.20. The maximum Gasteiger partial charge on any atom is 0.267 e. The molecule has 1 heterocycles. The first-order valence-corrected chi connectivity index (χ1v) is 9.74. The van der Waals surface area contributed by atoms with E-state index in [4.69, 9.17) is 17.0 Å². The molecular formula is C22H25N3O3S. The summed E-state index contributed by atoms with van der Waals surface area (Å²) >= 11 is 5.10. The number of amides is 2. The molecule has 6 nitrogen and oxygen atoms in total. The SMILES string of the molecule is C=C(NC(=O)c1ccccc1C)C(=O)NCc1ccc2c(c1)NC(=S)CO2.CC. The number of hydrogen-bond acceptors (Lipinski definition) is 4. The fourth-order valence-electron chi connectivity index (χ4n) is 2.62. The molecule has 0 radical (unpaired) electrons. The van der Waals surface area contributed by atoms with Gasteiger partial charge in [0.05, 0.1) is 11.4 Å². The smallest absolute Gasteiger partial charge is 0.267 e. The molecule has 2 amide bonds. The number of nitrogens with one attached hydrogen (secondary N) is 3. The minimum absolute atomic E-state index is 0.0103. The number of aryl methyl sites for hydroxylation is 1. The minimum Gasteiger partial charge on any atom is -0.484 e. The van der Waals surface area contributed by atoms with Crippen LogP contribution in [0.25, 0.3) is 0 Å². The third-order valence-corrected chi connectivity index (χ3v) is 4.28. The van der Waals surface area contributed by atoms with Crippen LogP contribution >= 0.6 is 12.2 Å². The Kier molecular flexibility index (Phi) is 7.91. The second kappa shape index (κ2) is 10.4. The van der Waals surface area contributed by atoms with Crippen LogP contribution in [0.3, 0.4) is 0 Å². The van der Waals surface area contributed by atoms with Crippen LogP contribution in [0.15, 0.2) is 54.7 Å². The maximum absolute atomic E-state index is 12.3. The number of fused-ring (bicyclic) bond motifs is 1. The predicted octanol–water partition coefficient (Wildman–Crippen LogP) is 3.71. The molecule has 2 aromatic rings. The molecule has 29 heavy (non-hydrogen) atoms. The van der Waals surface area contributed by atoms with E-state index in [1.165, 1.54) is 0 Å². The Balaban J connectivity index is 0.00000145. The first-order valence-electron chi connectivity index (χ1n) is 9.33. The number of anilines is 1. The molecule has 0 aromatic heterocycles. The summed E-state index contributed by atoms with van der Waals surface area (Å²) in [7, 11) is 0. The Morgan fingerprint density at radius 1 is 1.21 bits per heavy atom. The molecule has 7 heteroatoms. The van der Waals surface area contributed by atoms with E-state index in [1.54, 1.807) is 12.1 Å². The van der Waals surface area contributed by atoms with Crippen LogP contribution in [0.4, 0.5) is 5.69 Å². The molecule has 0 saturated carbocycles. The quantitative estimate of drug-likeness (QED) is 0.516. The number of carbonyl (C=O) groups is 2. The highest BCUT2D eigenvalue weighted by molar-refractivity contribution is 7.80. The van der Waals surface area contributed by atoms with Crippen molar-refractivity contribution in [2.45, 2.75) is 27.3 Å². The van der Waals surface area contributed by atoms with Crippen molar-refractivity contribution in [2.75, 3.05) is 11.9 Å². The van der Waals surface area contributed by atoms with Gasteiger partial charge in [-0.2, -0.15) is 0 Å². The number of carbonyl (C=O) groups excluding carboxylic acids is 2. The zero-order valence-electron chi connectivity index (χ0n) is 16.8. The van der Waals surface area contributed by atoms with E-state index in [1.807, 2.05) is 51.1 Å². The lowest BCUT2D eigenvalue weighted by atomic mass is 10.1. The number of thiocarbonyl (C=S) groups is 1. The largest absolute Gasteiger partial charge is 0.484 e. The Bertz CT molecular complexity index is 941. The summed E-state index contributed by atoms with van der Waals surface area (Å²) in [5.74, 6) is -0.0974. The molecule has 0 atom stereocenters. The summed E-state index contributed by atoms with van der Waals surface area (Å²) < 4.78 is 5.50. The monoisotopic (exact) mass is 411 g/mol. The van der Waals surface area contributed by atoms with Crippen LogP contribution in [-0.4, -0.2) is 23.4 Å². The van der Waals surface area contributed by atoms with Gasteiger partial charge in [-0.25, -0.2) is 0 Å². The molecule has 0 spiro atoms. The molecule has 0 fully saturated rings. The zero-order valence-corrected chi connectivity index (χ0v) is 17.6. The van der Waals surface area contributed by atoms with Gasteiger partial charge in [-0.05, 0) is 36.2 Å². The molecule has 3 N–H and O–H groups in total. The van der Waals surface area contributed by atoms with Crippen molar-refractivity contribution in [1.82, 2.24) is 10.6 Å². The standard InChI is InChI=1S/C20H19N3O3S.C2H6/c1-12-5-3-4-6-15(12)20(25)22-13(2)19(24)21-10-14-7-8-17-16(9-14)23-18(27)11-26-17;1-2/h3-9H,2,10-11H2,1H3,(H,21,24)(H,22,25)(H,23,27);1-2H3. The van der Waals surface area contributed by atoms with E-state index in [0.717, 1.165) is 16.8 Å². The first-order chi connectivity index (χ1) is 13.9. The van der Waals surface area contributed by atoms with E-state index in [2.05, 4.69) is 22.5 Å². The summed E-state index contributed by atoms with van der Waals surface area (Å²) in [6.45, 7) is 10.1. The Labute approximate surface area is 176 Å². The molecule has 0 unspecified atom stereocenters. The third kappa shape index (κ3) is 5.89. The highest BCUT2D eigenvalue weighted by atomic mass is 32.1. The van der Waals surface area contributed by atoms with E-state index in [0.29, 0.717) is 22.9 Å². The maximum atomic E-state index is 12.3. The van der Waals surface area contributed by atoms with Gasteiger partial charge in [0.15, 0.2) is 0 Å². The number of ether oxygens (including phenoxy) is 1. The number of hydrogen-bond donors (Lipinski definition) is 3. The third-order valence-electron chi connectivity index (χ3n) is 4.06. The molecular weight excluding hydrogens is 386 g/mol. The summed E-state index contributed by atoms with van der Waals surface area (Å²) in [4.78, 5) is 25.1. The van der Waals surface area contributed by atoms with Crippen LogP contribution in [0.2, 0.25) is 0 Å². The first kappa shape index (κ1) is 22.1. The van der Waals surface area contributed by atoms with Gasteiger partial charge in [-0.15, -0.1) is 0 Å². The van der Waals surface area contributed by atoms with Gasteiger partial charge in [0.2, 0.25) is 0 Å². The highest BCUT2D eigenvalue weighted by Gasteiger charge is 2.15. The Hall–Kier alpha value is -3.19. The van der Waals surface area contributed by atoms with Crippen LogP contribution in [0, 0.1) is 6.92 Å². The van der Waals surface area contributed by atoms with Gasteiger partial charge in [-0.1, -0.05) is 56.9 Å². The van der Waals surface area contributed by atoms with E-state index in [9.17, 15) is 9.59 Å². The van der Waals surface area contributed by atoms with Crippen molar-refractivity contribution < 1.29 is 14.3 Å². The zero-order chi connectivity index (χ0) is 21.4. The van der Waals surface area contributed by atoms with Crippen LogP contribution in [-0.2, 0) is 11.3 Å². The van der Waals surface area contributed by atoms with Crippen molar-refractivity contribution in [2.24, 2.45) is 0 Å². The lowest BCUT2D eigenvalue weighted by Crippen LogP contribution is -2.34. The Morgan fingerprint density at radius 2 is 1.93 bits per heavy atom.